The number of nitrogens with zero attached hydrogens (tertiary/aromatic N) is 1. The van der Waals surface area contributed by atoms with Crippen LogP contribution >= 0.6 is 0 Å². The highest BCUT2D eigenvalue weighted by Crippen LogP contribution is 2.06. The van der Waals surface area contributed by atoms with Crippen molar-refractivity contribution in [1.82, 2.24) is 0 Å². The van der Waals surface area contributed by atoms with Gasteiger partial charge in [-0.3, -0.25) is 4.48 Å². The van der Waals surface area contributed by atoms with Crippen LogP contribution in [0.2, 0.25) is 0 Å². The molecular weight excluding hydrogens is 178 g/mol. The van der Waals surface area contributed by atoms with E-state index in [1.165, 1.54) is 0 Å². The molecule has 0 atom stereocenters. The van der Waals surface area contributed by atoms with Gasteiger partial charge in [-0.15, -0.1) is 0 Å². The quantitative estimate of drug-likeness (QED) is 0.283. The van der Waals surface area contributed by atoms with Crippen LogP contribution in [0, 0.1) is 0 Å². The molecule has 0 aliphatic carbocycles. The minimum Gasteiger partial charge on any atom is -0.412 e. The van der Waals surface area contributed by atoms with Crippen LogP contribution in [0.25, 0.3) is 0 Å². The van der Waals surface area contributed by atoms with Gasteiger partial charge in [0.15, 0.2) is 0 Å². The zero-order valence-electron chi connectivity index (χ0n) is 9.80. The topological polar surface area (TPSA) is 26.3 Å². The molecule has 0 aliphatic rings. The van der Waals surface area contributed by atoms with Gasteiger partial charge < -0.3 is 4.74 Å². The molecule has 3 heteroatoms. The first-order valence-corrected chi connectivity index (χ1v) is 5.19. The SMILES string of the molecule is C=C(C)C(=O)OC[N+](CC)(CC)CC. The van der Waals surface area contributed by atoms with Gasteiger partial charge in [-0.05, 0) is 27.7 Å². The first-order chi connectivity index (χ1) is 6.51. The first kappa shape index (κ1) is 13.2. The zero-order valence-corrected chi connectivity index (χ0v) is 9.80. The van der Waals surface area contributed by atoms with Gasteiger partial charge in [-0.1, -0.05) is 6.58 Å². The highest BCUT2D eigenvalue weighted by Gasteiger charge is 2.22. The maximum absolute atomic E-state index is 11.2. The highest BCUT2D eigenvalue weighted by atomic mass is 16.5. The van der Waals surface area contributed by atoms with Gasteiger partial charge in [0.2, 0.25) is 6.73 Å². The molecule has 0 aromatic carbocycles. The molecule has 0 aromatic heterocycles. The molecule has 0 radical (unpaired) electrons. The Bertz CT molecular complexity index is 199. The number of ether oxygens (including phenoxy) is 1. The first-order valence-electron chi connectivity index (χ1n) is 5.19. The van der Waals surface area contributed by atoms with Crippen LogP contribution < -0.4 is 0 Å². The van der Waals surface area contributed by atoms with E-state index in [0.29, 0.717) is 12.3 Å². The Morgan fingerprint density at radius 3 is 1.93 bits per heavy atom. The summed E-state index contributed by atoms with van der Waals surface area (Å²) in [7, 11) is 0. The second-order valence-electron chi connectivity index (χ2n) is 3.63. The minimum absolute atomic E-state index is 0.289. The lowest BCUT2D eigenvalue weighted by atomic mass is 10.3. The summed E-state index contributed by atoms with van der Waals surface area (Å²) in [5, 5.41) is 0. The summed E-state index contributed by atoms with van der Waals surface area (Å²) in [4.78, 5) is 11.2. The van der Waals surface area contributed by atoms with Crippen molar-refractivity contribution in [2.24, 2.45) is 0 Å². The van der Waals surface area contributed by atoms with Crippen LogP contribution in [0.4, 0.5) is 0 Å². The van der Waals surface area contributed by atoms with Crippen molar-refractivity contribution in [3.63, 3.8) is 0 Å². The molecule has 0 unspecified atom stereocenters. The van der Waals surface area contributed by atoms with Gasteiger partial charge >= 0.3 is 5.97 Å². The van der Waals surface area contributed by atoms with Gasteiger partial charge in [0.1, 0.15) is 0 Å². The summed E-state index contributed by atoms with van der Waals surface area (Å²) in [6.07, 6.45) is 0. The summed E-state index contributed by atoms with van der Waals surface area (Å²) >= 11 is 0. The Morgan fingerprint density at radius 1 is 1.21 bits per heavy atom. The van der Waals surface area contributed by atoms with E-state index in [4.69, 9.17) is 4.74 Å². The lowest BCUT2D eigenvalue weighted by molar-refractivity contribution is -0.938. The molecule has 3 nitrogen and oxygen atoms in total. The molecule has 0 amide bonds. The predicted octanol–water partition coefficient (Wildman–Crippen LogP) is 1.94. The van der Waals surface area contributed by atoms with E-state index in [2.05, 4.69) is 27.4 Å². The number of carbonyl (C=O) groups excluding carboxylic acids is 1. The Kier molecular flexibility index (Phi) is 5.46. The van der Waals surface area contributed by atoms with E-state index in [0.717, 1.165) is 24.1 Å². The van der Waals surface area contributed by atoms with Crippen LogP contribution in [-0.2, 0) is 9.53 Å². The number of rotatable bonds is 6. The van der Waals surface area contributed by atoms with Crippen molar-refractivity contribution >= 4 is 5.97 Å². The number of esters is 1. The maximum atomic E-state index is 11.2. The normalized spacial score (nSPS) is 11.1. The molecule has 82 valence electrons. The van der Waals surface area contributed by atoms with E-state index in [1.807, 2.05) is 0 Å². The third kappa shape index (κ3) is 3.50. The molecule has 14 heavy (non-hydrogen) atoms. The second-order valence-corrected chi connectivity index (χ2v) is 3.63. The van der Waals surface area contributed by atoms with Crippen LogP contribution in [-0.4, -0.2) is 36.8 Å². The highest BCUT2D eigenvalue weighted by molar-refractivity contribution is 5.86. The standard InChI is InChI=1S/C11H22NO2/c1-6-12(7-2,8-3)9-14-11(13)10(4)5/h4,6-9H2,1-3,5H3/q+1. The summed E-state index contributed by atoms with van der Waals surface area (Å²) in [6, 6.07) is 0. The number of hydrogen-bond donors (Lipinski definition) is 0. The monoisotopic (exact) mass is 200 g/mol. The van der Waals surface area contributed by atoms with Crippen LogP contribution in [0.15, 0.2) is 12.2 Å². The van der Waals surface area contributed by atoms with E-state index in [9.17, 15) is 4.79 Å². The summed E-state index contributed by atoms with van der Waals surface area (Å²) in [6.45, 7) is 15.0. The Balaban J connectivity index is 4.19. The maximum Gasteiger partial charge on any atom is 0.337 e. The van der Waals surface area contributed by atoms with E-state index in [1.54, 1.807) is 6.92 Å². The Labute approximate surface area is 86.9 Å². The van der Waals surface area contributed by atoms with Crippen molar-refractivity contribution in [3.8, 4) is 0 Å². The van der Waals surface area contributed by atoms with Crippen molar-refractivity contribution < 1.29 is 14.0 Å². The van der Waals surface area contributed by atoms with Gasteiger partial charge in [0, 0.05) is 5.57 Å². The van der Waals surface area contributed by atoms with Crippen LogP contribution in [0.5, 0.6) is 0 Å². The summed E-state index contributed by atoms with van der Waals surface area (Å²) in [5.41, 5.74) is 0.464. The molecule has 0 heterocycles. The largest absolute Gasteiger partial charge is 0.412 e. The Morgan fingerprint density at radius 2 is 1.64 bits per heavy atom. The van der Waals surface area contributed by atoms with E-state index < -0.39 is 0 Å². The molecule has 0 rings (SSSR count). The van der Waals surface area contributed by atoms with Crippen LogP contribution in [0.3, 0.4) is 0 Å². The lowest BCUT2D eigenvalue weighted by Gasteiger charge is -2.34. The molecule has 0 bridgehead atoms. The summed E-state index contributed by atoms with van der Waals surface area (Å²) < 4.78 is 5.99. The van der Waals surface area contributed by atoms with Gasteiger partial charge in [0.25, 0.3) is 0 Å². The average molecular weight is 200 g/mol. The molecule has 0 N–H and O–H groups in total. The molecular formula is C11H22NO2+. The molecule has 0 saturated carbocycles. The van der Waals surface area contributed by atoms with Gasteiger partial charge in [0.05, 0.1) is 19.6 Å². The molecule has 0 saturated heterocycles. The van der Waals surface area contributed by atoms with Crippen molar-refractivity contribution in [1.29, 1.82) is 0 Å². The fourth-order valence-electron chi connectivity index (χ4n) is 1.26. The molecule has 0 aliphatic heterocycles. The van der Waals surface area contributed by atoms with Gasteiger partial charge in [-0.25, -0.2) is 4.79 Å². The third-order valence-electron chi connectivity index (χ3n) is 2.83. The van der Waals surface area contributed by atoms with Crippen molar-refractivity contribution in [2.75, 3.05) is 26.4 Å². The molecule has 0 aromatic rings. The minimum atomic E-state index is -0.289. The fourth-order valence-corrected chi connectivity index (χ4v) is 1.26. The lowest BCUT2D eigenvalue weighted by Crippen LogP contribution is -2.49. The van der Waals surface area contributed by atoms with E-state index >= 15 is 0 Å². The average Bonchev–Trinajstić information content (AvgIpc) is 2.20. The molecule has 0 spiro atoms. The third-order valence-corrected chi connectivity index (χ3v) is 2.83. The Hall–Kier alpha value is -0.830. The van der Waals surface area contributed by atoms with Crippen LogP contribution in [0.1, 0.15) is 27.7 Å². The van der Waals surface area contributed by atoms with Crippen molar-refractivity contribution in [3.05, 3.63) is 12.2 Å². The van der Waals surface area contributed by atoms with Crippen molar-refractivity contribution in [2.45, 2.75) is 27.7 Å². The smallest absolute Gasteiger partial charge is 0.337 e. The second kappa shape index (κ2) is 5.81. The number of quaternary nitrogens is 1. The fraction of sp³-hybridized carbons (Fsp3) is 0.727. The predicted molar refractivity (Wildman–Crippen MR) is 57.7 cm³/mol. The van der Waals surface area contributed by atoms with E-state index in [-0.39, 0.29) is 5.97 Å². The zero-order chi connectivity index (χ0) is 11.2. The van der Waals surface area contributed by atoms with Gasteiger partial charge in [-0.2, -0.15) is 0 Å². The number of hydrogen-bond acceptors (Lipinski definition) is 2. The molecule has 0 fully saturated rings. The number of carbonyl (C=O) groups is 1. The summed E-state index contributed by atoms with van der Waals surface area (Å²) in [5.74, 6) is -0.289.